The Labute approximate surface area is 107 Å². The van der Waals surface area contributed by atoms with E-state index in [-0.39, 0.29) is 6.17 Å². The second-order valence-corrected chi connectivity index (χ2v) is 4.09. The molecule has 0 spiro atoms. The van der Waals surface area contributed by atoms with Crippen LogP contribution in [0, 0.1) is 0 Å². The molecule has 1 heterocycles. The lowest BCUT2D eigenvalue weighted by Gasteiger charge is -2.11. The molecule has 1 aliphatic heterocycles. The molecule has 6 nitrogen and oxygen atoms in total. The highest BCUT2D eigenvalue weighted by Crippen LogP contribution is 2.29. The first-order chi connectivity index (χ1) is 8.20. The third-order valence-electron chi connectivity index (χ3n) is 2.12. The van der Waals surface area contributed by atoms with Gasteiger partial charge in [0.25, 0.3) is 0 Å². The van der Waals surface area contributed by atoms with Crippen molar-refractivity contribution in [3.05, 3.63) is 38.7 Å². The lowest BCUT2D eigenvalue weighted by atomic mass is 10.3. The van der Waals surface area contributed by atoms with Crippen molar-refractivity contribution < 1.29 is 0 Å². The third kappa shape index (κ3) is 2.74. The number of hydrogen-bond acceptors (Lipinski definition) is 4. The van der Waals surface area contributed by atoms with Crippen LogP contribution in [0.1, 0.15) is 0 Å². The lowest BCUT2D eigenvalue weighted by Crippen LogP contribution is -2.32. The SMILES string of the molecule is [N-]=[N+]=NC1CN=C(Nc2c(Cl)cccc2Cl)N1. The first kappa shape index (κ1) is 11.9. The molecule has 0 fully saturated rings. The average molecular weight is 271 g/mol. The van der Waals surface area contributed by atoms with E-state index in [1.807, 2.05) is 0 Å². The minimum Gasteiger partial charge on any atom is -0.346 e. The summed E-state index contributed by atoms with van der Waals surface area (Å²) in [7, 11) is 0. The molecule has 0 radical (unpaired) electrons. The number of para-hydroxylation sites is 1. The smallest absolute Gasteiger partial charge is 0.196 e. The van der Waals surface area contributed by atoms with Gasteiger partial charge in [0.1, 0.15) is 6.17 Å². The average Bonchev–Trinajstić information content (AvgIpc) is 2.72. The van der Waals surface area contributed by atoms with Crippen LogP contribution in [-0.4, -0.2) is 18.7 Å². The zero-order chi connectivity index (χ0) is 12.3. The van der Waals surface area contributed by atoms with E-state index in [1.165, 1.54) is 0 Å². The molecule has 0 aromatic heterocycles. The Hall–Kier alpha value is -1.62. The molecule has 1 aromatic rings. The van der Waals surface area contributed by atoms with Crippen LogP contribution in [0.2, 0.25) is 10.0 Å². The number of benzene rings is 1. The van der Waals surface area contributed by atoms with Gasteiger partial charge in [-0.15, -0.1) is 0 Å². The highest BCUT2D eigenvalue weighted by atomic mass is 35.5. The van der Waals surface area contributed by atoms with Gasteiger partial charge in [-0.1, -0.05) is 34.4 Å². The zero-order valence-electron chi connectivity index (χ0n) is 8.56. The number of nitrogens with zero attached hydrogens (tertiary/aromatic N) is 4. The lowest BCUT2D eigenvalue weighted by molar-refractivity contribution is 0.685. The van der Waals surface area contributed by atoms with Crippen LogP contribution in [-0.2, 0) is 0 Å². The van der Waals surface area contributed by atoms with Crippen molar-refractivity contribution in [3.63, 3.8) is 0 Å². The van der Waals surface area contributed by atoms with Crippen molar-refractivity contribution in [2.24, 2.45) is 10.1 Å². The van der Waals surface area contributed by atoms with E-state index in [2.05, 4.69) is 25.7 Å². The molecule has 1 aliphatic rings. The maximum absolute atomic E-state index is 8.30. The van der Waals surface area contributed by atoms with Crippen molar-refractivity contribution >= 4 is 34.8 Å². The van der Waals surface area contributed by atoms with Crippen molar-refractivity contribution in [1.29, 1.82) is 0 Å². The Bertz CT molecular complexity index is 488. The second kappa shape index (κ2) is 5.14. The molecule has 1 unspecified atom stereocenters. The molecule has 0 aliphatic carbocycles. The first-order valence-corrected chi connectivity index (χ1v) is 5.52. The predicted molar refractivity (Wildman–Crippen MR) is 68.5 cm³/mol. The first-order valence-electron chi connectivity index (χ1n) is 4.77. The molecule has 0 bridgehead atoms. The number of rotatable bonds is 2. The Morgan fingerprint density at radius 3 is 2.82 bits per heavy atom. The summed E-state index contributed by atoms with van der Waals surface area (Å²) in [5.74, 6) is 0.484. The summed E-state index contributed by atoms with van der Waals surface area (Å²) < 4.78 is 0. The fourth-order valence-electron chi connectivity index (χ4n) is 1.37. The summed E-state index contributed by atoms with van der Waals surface area (Å²) in [4.78, 5) is 6.83. The van der Waals surface area contributed by atoms with E-state index in [0.717, 1.165) is 0 Å². The molecule has 2 rings (SSSR count). The van der Waals surface area contributed by atoms with E-state index in [1.54, 1.807) is 18.2 Å². The summed E-state index contributed by atoms with van der Waals surface area (Å²) in [6, 6.07) is 5.19. The van der Waals surface area contributed by atoms with Gasteiger partial charge in [0.05, 0.1) is 22.3 Å². The number of aliphatic imine (C=N–C) groups is 1. The normalized spacial score (nSPS) is 18.0. The molecular formula is C9H8Cl2N6. The molecule has 17 heavy (non-hydrogen) atoms. The van der Waals surface area contributed by atoms with Gasteiger partial charge < -0.3 is 10.6 Å². The minimum absolute atomic E-state index is 0.372. The Kier molecular flexibility index (Phi) is 3.58. The van der Waals surface area contributed by atoms with Crippen molar-refractivity contribution in [2.75, 3.05) is 11.9 Å². The van der Waals surface area contributed by atoms with E-state index >= 15 is 0 Å². The van der Waals surface area contributed by atoms with Gasteiger partial charge in [-0.2, -0.15) is 0 Å². The van der Waals surface area contributed by atoms with Crippen LogP contribution >= 0.6 is 23.2 Å². The zero-order valence-corrected chi connectivity index (χ0v) is 10.1. The Morgan fingerprint density at radius 2 is 2.18 bits per heavy atom. The minimum atomic E-state index is -0.372. The number of hydrogen-bond donors (Lipinski definition) is 2. The van der Waals surface area contributed by atoms with E-state index in [0.29, 0.717) is 28.2 Å². The fraction of sp³-hybridized carbons (Fsp3) is 0.222. The number of guanidine groups is 1. The van der Waals surface area contributed by atoms with Crippen LogP contribution in [0.15, 0.2) is 28.3 Å². The van der Waals surface area contributed by atoms with Crippen LogP contribution in [0.5, 0.6) is 0 Å². The number of nitrogens with one attached hydrogen (secondary N) is 2. The van der Waals surface area contributed by atoms with Gasteiger partial charge >= 0.3 is 0 Å². The molecule has 1 aromatic carbocycles. The van der Waals surface area contributed by atoms with Crippen LogP contribution in [0.25, 0.3) is 10.4 Å². The number of azide groups is 1. The fourth-order valence-corrected chi connectivity index (χ4v) is 1.86. The summed E-state index contributed by atoms with van der Waals surface area (Å²) in [6.07, 6.45) is -0.372. The number of halogens is 2. The molecule has 88 valence electrons. The molecular weight excluding hydrogens is 263 g/mol. The quantitative estimate of drug-likeness (QED) is 0.492. The highest BCUT2D eigenvalue weighted by Gasteiger charge is 2.17. The topological polar surface area (TPSA) is 85.2 Å². The Morgan fingerprint density at radius 1 is 1.47 bits per heavy atom. The summed E-state index contributed by atoms with van der Waals surface area (Å²) in [6.45, 7) is 0.383. The summed E-state index contributed by atoms with van der Waals surface area (Å²) in [5.41, 5.74) is 8.87. The summed E-state index contributed by atoms with van der Waals surface area (Å²) in [5, 5.41) is 10.4. The number of anilines is 1. The van der Waals surface area contributed by atoms with Gasteiger partial charge in [0, 0.05) is 4.91 Å². The molecule has 2 N–H and O–H groups in total. The third-order valence-corrected chi connectivity index (χ3v) is 2.75. The Balaban J connectivity index is 2.10. The standard InChI is InChI=1S/C9H8Cl2N6/c10-5-2-1-3-6(11)8(5)15-9-13-4-7(14-9)16-17-12/h1-3,7H,4H2,(H2,13,14,15). The maximum atomic E-state index is 8.30. The summed E-state index contributed by atoms with van der Waals surface area (Å²) >= 11 is 12.0. The second-order valence-electron chi connectivity index (χ2n) is 3.28. The molecule has 0 saturated carbocycles. The highest BCUT2D eigenvalue weighted by molar-refractivity contribution is 6.39. The van der Waals surface area contributed by atoms with Crippen LogP contribution in [0.3, 0.4) is 0 Å². The van der Waals surface area contributed by atoms with Crippen molar-refractivity contribution in [1.82, 2.24) is 5.32 Å². The van der Waals surface area contributed by atoms with E-state index in [4.69, 9.17) is 28.7 Å². The largest absolute Gasteiger partial charge is 0.346 e. The van der Waals surface area contributed by atoms with Gasteiger partial charge in [-0.25, -0.2) is 0 Å². The predicted octanol–water partition coefficient (Wildman–Crippen LogP) is 3.00. The molecule has 1 atom stereocenters. The van der Waals surface area contributed by atoms with Gasteiger partial charge in [0.15, 0.2) is 5.96 Å². The monoisotopic (exact) mass is 270 g/mol. The molecule has 0 amide bonds. The van der Waals surface area contributed by atoms with Gasteiger partial charge in [-0.05, 0) is 17.7 Å². The van der Waals surface area contributed by atoms with Crippen LogP contribution in [0.4, 0.5) is 5.69 Å². The molecule has 8 heteroatoms. The van der Waals surface area contributed by atoms with Gasteiger partial charge in [0.2, 0.25) is 0 Å². The van der Waals surface area contributed by atoms with Crippen molar-refractivity contribution in [2.45, 2.75) is 6.17 Å². The van der Waals surface area contributed by atoms with Crippen LogP contribution < -0.4 is 10.6 Å². The van der Waals surface area contributed by atoms with Gasteiger partial charge in [-0.3, -0.25) is 4.99 Å². The van der Waals surface area contributed by atoms with E-state index < -0.39 is 0 Å². The van der Waals surface area contributed by atoms with Crippen molar-refractivity contribution in [3.8, 4) is 0 Å². The molecule has 0 saturated heterocycles. The van der Waals surface area contributed by atoms with E-state index in [9.17, 15) is 0 Å². The maximum Gasteiger partial charge on any atom is 0.196 e.